The molecule has 0 spiro atoms. The van der Waals surface area contributed by atoms with Gasteiger partial charge in [-0.3, -0.25) is 0 Å². The summed E-state index contributed by atoms with van der Waals surface area (Å²) >= 11 is 0. The van der Waals surface area contributed by atoms with Crippen molar-refractivity contribution in [1.82, 2.24) is 20.2 Å². The lowest BCUT2D eigenvalue weighted by Crippen LogP contribution is -2.30. The summed E-state index contributed by atoms with van der Waals surface area (Å²) in [6.45, 7) is 6.37. The normalized spacial score (nSPS) is 16.3. The van der Waals surface area contributed by atoms with E-state index in [1.807, 2.05) is 31.2 Å². The van der Waals surface area contributed by atoms with Gasteiger partial charge in [-0.2, -0.15) is 4.68 Å². The molecule has 1 atom stereocenters. The summed E-state index contributed by atoms with van der Waals surface area (Å²) in [7, 11) is 1.59. The maximum Gasteiger partial charge on any atom is 0.338 e. The first kappa shape index (κ1) is 17.9. The lowest BCUT2D eigenvalue weighted by atomic mass is 9.95. The number of nitrogens with zero attached hydrogens (tertiary/aromatic N) is 4. The number of carbonyl (C=O) groups excluding carboxylic acids is 1. The summed E-state index contributed by atoms with van der Waals surface area (Å²) in [6.07, 6.45) is 0.806. The quantitative estimate of drug-likeness (QED) is 0.794. The number of aromatic nitrogens is 4. The molecule has 0 amide bonds. The average molecular weight is 357 g/mol. The van der Waals surface area contributed by atoms with Crippen molar-refractivity contribution >= 4 is 11.9 Å². The van der Waals surface area contributed by atoms with Crippen molar-refractivity contribution < 1.29 is 14.3 Å². The van der Waals surface area contributed by atoms with E-state index in [0.29, 0.717) is 35.5 Å². The number of esters is 1. The first-order chi connectivity index (χ1) is 12.5. The second-order valence-electron chi connectivity index (χ2n) is 6.57. The Morgan fingerprint density at radius 2 is 2.12 bits per heavy atom. The fraction of sp³-hybridized carbons (Fsp3) is 0.444. The first-order valence-electron chi connectivity index (χ1n) is 8.58. The van der Waals surface area contributed by atoms with Crippen molar-refractivity contribution in [3.8, 4) is 5.75 Å². The Kier molecular flexibility index (Phi) is 5.20. The second kappa shape index (κ2) is 7.55. The number of tetrazole rings is 1. The Morgan fingerprint density at radius 3 is 2.85 bits per heavy atom. The number of fused-ring (bicyclic) bond motifs is 1. The van der Waals surface area contributed by atoms with Crippen molar-refractivity contribution in [2.75, 3.05) is 19.0 Å². The minimum absolute atomic E-state index is 0.369. The summed E-state index contributed by atoms with van der Waals surface area (Å²) < 4.78 is 12.6. The third kappa shape index (κ3) is 3.40. The zero-order valence-electron chi connectivity index (χ0n) is 15.4. The average Bonchev–Trinajstić information content (AvgIpc) is 3.08. The van der Waals surface area contributed by atoms with Crippen molar-refractivity contribution in [3.63, 3.8) is 0 Å². The van der Waals surface area contributed by atoms with Gasteiger partial charge in [0.05, 0.1) is 19.3 Å². The molecule has 0 unspecified atom stereocenters. The number of benzene rings is 1. The molecule has 1 aliphatic heterocycles. The number of ether oxygens (including phenoxy) is 2. The number of anilines is 1. The van der Waals surface area contributed by atoms with Gasteiger partial charge in [-0.25, -0.2) is 4.79 Å². The maximum atomic E-state index is 12.9. The molecule has 8 heteroatoms. The molecule has 0 bridgehead atoms. The van der Waals surface area contributed by atoms with Crippen LogP contribution < -0.4 is 10.1 Å². The van der Waals surface area contributed by atoms with Crippen LogP contribution >= 0.6 is 0 Å². The Balaban J connectivity index is 2.01. The molecule has 0 radical (unpaired) electrons. The van der Waals surface area contributed by atoms with Crippen molar-refractivity contribution in [3.05, 3.63) is 41.1 Å². The first-order valence-corrected chi connectivity index (χ1v) is 8.58. The fourth-order valence-corrected chi connectivity index (χ4v) is 2.92. The van der Waals surface area contributed by atoms with Gasteiger partial charge in [0, 0.05) is 11.3 Å². The van der Waals surface area contributed by atoms with Crippen LogP contribution in [-0.4, -0.2) is 39.9 Å². The van der Waals surface area contributed by atoms with Crippen LogP contribution in [0.1, 0.15) is 38.8 Å². The van der Waals surface area contributed by atoms with E-state index in [4.69, 9.17) is 9.47 Å². The zero-order chi connectivity index (χ0) is 18.7. The Labute approximate surface area is 152 Å². The molecule has 138 valence electrons. The number of para-hydroxylation sites is 1. The summed E-state index contributed by atoms with van der Waals surface area (Å²) in [5, 5.41) is 14.8. The highest BCUT2D eigenvalue weighted by atomic mass is 16.5. The van der Waals surface area contributed by atoms with Crippen LogP contribution in [0.25, 0.3) is 0 Å². The van der Waals surface area contributed by atoms with Gasteiger partial charge in [-0.15, -0.1) is 0 Å². The van der Waals surface area contributed by atoms with Crippen molar-refractivity contribution in [1.29, 1.82) is 0 Å². The van der Waals surface area contributed by atoms with E-state index in [1.165, 1.54) is 0 Å². The van der Waals surface area contributed by atoms with Gasteiger partial charge in [-0.05, 0) is 35.8 Å². The molecule has 8 nitrogen and oxygen atoms in total. The van der Waals surface area contributed by atoms with Gasteiger partial charge < -0.3 is 14.8 Å². The molecule has 0 fully saturated rings. The van der Waals surface area contributed by atoms with Gasteiger partial charge in [-0.1, -0.05) is 37.1 Å². The van der Waals surface area contributed by atoms with Crippen LogP contribution in [0.15, 0.2) is 35.5 Å². The van der Waals surface area contributed by atoms with Crippen LogP contribution in [0.5, 0.6) is 5.75 Å². The number of nitrogens with one attached hydrogen (secondary N) is 1. The SMILES string of the molecule is COc1ccccc1[C@@H]1C(C(=O)OCCC(C)C)=C(C)Nc2nnnn21. The monoisotopic (exact) mass is 357 g/mol. The smallest absolute Gasteiger partial charge is 0.338 e. The highest BCUT2D eigenvalue weighted by Gasteiger charge is 2.36. The molecule has 1 N–H and O–H groups in total. The van der Waals surface area contributed by atoms with Crippen LogP contribution in [0, 0.1) is 5.92 Å². The van der Waals surface area contributed by atoms with E-state index in [0.717, 1.165) is 12.0 Å². The molecule has 0 aliphatic carbocycles. The van der Waals surface area contributed by atoms with E-state index in [1.54, 1.807) is 11.8 Å². The number of carbonyl (C=O) groups is 1. The number of hydrogen-bond donors (Lipinski definition) is 1. The van der Waals surface area contributed by atoms with Crippen LogP contribution in [0.4, 0.5) is 5.95 Å². The third-order valence-electron chi connectivity index (χ3n) is 4.30. The van der Waals surface area contributed by atoms with Crippen LogP contribution in [-0.2, 0) is 9.53 Å². The van der Waals surface area contributed by atoms with Crippen LogP contribution in [0.3, 0.4) is 0 Å². The minimum atomic E-state index is -0.524. The lowest BCUT2D eigenvalue weighted by Gasteiger charge is -2.28. The summed E-state index contributed by atoms with van der Waals surface area (Å²) in [5.74, 6) is 1.20. The predicted molar refractivity (Wildman–Crippen MR) is 95.7 cm³/mol. The molecule has 2 heterocycles. The Hall–Kier alpha value is -2.90. The Morgan fingerprint density at radius 1 is 1.35 bits per heavy atom. The number of methoxy groups -OCH3 is 1. The molecule has 0 saturated heterocycles. The standard InChI is InChI=1S/C18H23N5O3/c1-11(2)9-10-26-17(24)15-12(3)19-18-20-21-22-23(18)16(15)13-7-5-6-8-14(13)25-4/h5-8,11,16H,9-10H2,1-4H3,(H,19,20,22)/t16-/m1/s1. The fourth-order valence-electron chi connectivity index (χ4n) is 2.92. The maximum absolute atomic E-state index is 12.9. The third-order valence-corrected chi connectivity index (χ3v) is 4.30. The summed E-state index contributed by atoms with van der Waals surface area (Å²) in [5.41, 5.74) is 1.93. The minimum Gasteiger partial charge on any atom is -0.496 e. The topological polar surface area (TPSA) is 91.2 Å². The molecule has 26 heavy (non-hydrogen) atoms. The number of hydrogen-bond acceptors (Lipinski definition) is 7. The second-order valence-corrected chi connectivity index (χ2v) is 6.57. The number of allylic oxidation sites excluding steroid dienone is 1. The lowest BCUT2D eigenvalue weighted by molar-refractivity contribution is -0.139. The van der Waals surface area contributed by atoms with Gasteiger partial charge in [0.2, 0.25) is 5.95 Å². The van der Waals surface area contributed by atoms with Gasteiger partial charge >= 0.3 is 5.97 Å². The number of rotatable bonds is 6. The highest BCUT2D eigenvalue weighted by Crippen LogP contribution is 2.38. The molecule has 0 saturated carbocycles. The van der Waals surface area contributed by atoms with Gasteiger partial charge in [0.1, 0.15) is 11.8 Å². The van der Waals surface area contributed by atoms with E-state index in [-0.39, 0.29) is 5.97 Å². The molecule has 3 rings (SSSR count). The van der Waals surface area contributed by atoms with Crippen LogP contribution in [0.2, 0.25) is 0 Å². The van der Waals surface area contributed by atoms with Crippen molar-refractivity contribution in [2.45, 2.75) is 33.2 Å². The zero-order valence-corrected chi connectivity index (χ0v) is 15.4. The Bertz CT molecular complexity index is 828. The molecule has 1 aromatic heterocycles. The van der Waals surface area contributed by atoms with Crippen molar-refractivity contribution in [2.24, 2.45) is 5.92 Å². The van der Waals surface area contributed by atoms with E-state index < -0.39 is 6.04 Å². The molecule has 1 aromatic carbocycles. The van der Waals surface area contributed by atoms with Gasteiger partial charge in [0.15, 0.2) is 0 Å². The predicted octanol–water partition coefficient (Wildman–Crippen LogP) is 2.56. The van der Waals surface area contributed by atoms with E-state index in [9.17, 15) is 4.79 Å². The highest BCUT2D eigenvalue weighted by molar-refractivity contribution is 5.92. The molecular formula is C18H23N5O3. The largest absolute Gasteiger partial charge is 0.496 e. The summed E-state index contributed by atoms with van der Waals surface area (Å²) in [6, 6.07) is 6.99. The summed E-state index contributed by atoms with van der Waals surface area (Å²) in [4.78, 5) is 12.9. The molecule has 1 aliphatic rings. The van der Waals surface area contributed by atoms with E-state index >= 15 is 0 Å². The molecule has 2 aromatic rings. The van der Waals surface area contributed by atoms with Gasteiger partial charge in [0.25, 0.3) is 0 Å². The molecular weight excluding hydrogens is 334 g/mol. The van der Waals surface area contributed by atoms with E-state index in [2.05, 4.69) is 34.7 Å².